The normalized spacial score (nSPS) is 17.9. The van der Waals surface area contributed by atoms with Gasteiger partial charge in [-0.25, -0.2) is 0 Å². The van der Waals surface area contributed by atoms with Gasteiger partial charge in [0.1, 0.15) is 0 Å². The molecular weight excluding hydrogens is 198 g/mol. The summed E-state index contributed by atoms with van der Waals surface area (Å²) in [7, 11) is 2.12. The predicted octanol–water partition coefficient (Wildman–Crippen LogP) is 1.51. The van der Waals surface area contributed by atoms with Crippen molar-refractivity contribution < 1.29 is 0 Å². The fourth-order valence-electron chi connectivity index (χ4n) is 2.54. The minimum atomic E-state index is 0.737. The van der Waals surface area contributed by atoms with Gasteiger partial charge in [-0.15, -0.1) is 0 Å². The standard InChI is InChI=1S/C13H23N3/c1-15-10-12(9-13(15)5-6-14)11-16-7-3-2-4-8-16/h9-10H,2-8,11,14H2,1H3. The van der Waals surface area contributed by atoms with Crippen molar-refractivity contribution in [2.45, 2.75) is 32.2 Å². The molecule has 2 N–H and O–H groups in total. The quantitative estimate of drug-likeness (QED) is 0.836. The molecule has 0 bridgehead atoms. The van der Waals surface area contributed by atoms with Crippen molar-refractivity contribution in [3.8, 4) is 0 Å². The van der Waals surface area contributed by atoms with Crippen LogP contribution in [0, 0.1) is 0 Å². The van der Waals surface area contributed by atoms with E-state index < -0.39 is 0 Å². The van der Waals surface area contributed by atoms with Gasteiger partial charge in [-0.05, 0) is 50.5 Å². The Balaban J connectivity index is 1.95. The van der Waals surface area contributed by atoms with E-state index in [2.05, 4.69) is 28.8 Å². The van der Waals surface area contributed by atoms with Gasteiger partial charge < -0.3 is 10.3 Å². The van der Waals surface area contributed by atoms with E-state index in [1.165, 1.54) is 43.6 Å². The van der Waals surface area contributed by atoms with Crippen LogP contribution in [-0.2, 0) is 20.0 Å². The third-order valence-electron chi connectivity index (χ3n) is 3.42. The average molecular weight is 221 g/mol. The molecule has 0 amide bonds. The van der Waals surface area contributed by atoms with E-state index in [1.807, 2.05) is 0 Å². The highest BCUT2D eigenvalue weighted by atomic mass is 15.1. The van der Waals surface area contributed by atoms with Gasteiger partial charge >= 0.3 is 0 Å². The maximum Gasteiger partial charge on any atom is 0.0248 e. The van der Waals surface area contributed by atoms with Crippen LogP contribution in [0.4, 0.5) is 0 Å². The van der Waals surface area contributed by atoms with Crippen molar-refractivity contribution in [1.29, 1.82) is 0 Å². The Hall–Kier alpha value is -0.800. The van der Waals surface area contributed by atoms with Crippen LogP contribution < -0.4 is 5.73 Å². The van der Waals surface area contributed by atoms with Crippen molar-refractivity contribution in [1.82, 2.24) is 9.47 Å². The number of rotatable bonds is 4. The molecule has 1 fully saturated rings. The number of nitrogens with zero attached hydrogens (tertiary/aromatic N) is 2. The molecule has 1 aliphatic heterocycles. The zero-order chi connectivity index (χ0) is 11.4. The largest absolute Gasteiger partial charge is 0.354 e. The van der Waals surface area contributed by atoms with Crippen LogP contribution in [-0.4, -0.2) is 29.1 Å². The number of piperidine rings is 1. The minimum Gasteiger partial charge on any atom is -0.354 e. The lowest BCUT2D eigenvalue weighted by molar-refractivity contribution is 0.221. The molecule has 3 heteroatoms. The van der Waals surface area contributed by atoms with Gasteiger partial charge in [-0.2, -0.15) is 0 Å². The first kappa shape index (κ1) is 11.7. The van der Waals surface area contributed by atoms with E-state index in [9.17, 15) is 0 Å². The lowest BCUT2D eigenvalue weighted by Crippen LogP contribution is -2.28. The van der Waals surface area contributed by atoms with E-state index in [1.54, 1.807) is 0 Å². The average Bonchev–Trinajstić information content (AvgIpc) is 2.61. The molecular formula is C13H23N3. The molecule has 0 aromatic carbocycles. The van der Waals surface area contributed by atoms with E-state index in [4.69, 9.17) is 5.73 Å². The smallest absolute Gasteiger partial charge is 0.0248 e. The molecule has 16 heavy (non-hydrogen) atoms. The topological polar surface area (TPSA) is 34.2 Å². The van der Waals surface area contributed by atoms with Gasteiger partial charge in [0.05, 0.1) is 0 Å². The highest BCUT2D eigenvalue weighted by Crippen LogP contribution is 2.15. The molecule has 3 nitrogen and oxygen atoms in total. The lowest BCUT2D eigenvalue weighted by atomic mass is 10.1. The summed E-state index contributed by atoms with van der Waals surface area (Å²) in [6.45, 7) is 4.38. The lowest BCUT2D eigenvalue weighted by Gasteiger charge is -2.25. The Kier molecular flexibility index (Phi) is 4.02. The third kappa shape index (κ3) is 2.86. The Bertz CT molecular complexity index is 324. The SMILES string of the molecule is Cn1cc(CN2CCCCC2)cc1CCN. The summed E-state index contributed by atoms with van der Waals surface area (Å²) in [5, 5.41) is 0. The molecule has 0 aliphatic carbocycles. The van der Waals surface area contributed by atoms with Gasteiger partial charge in [0.25, 0.3) is 0 Å². The zero-order valence-electron chi connectivity index (χ0n) is 10.3. The van der Waals surface area contributed by atoms with Gasteiger partial charge in [0.15, 0.2) is 0 Å². The van der Waals surface area contributed by atoms with Crippen molar-refractivity contribution in [3.05, 3.63) is 23.5 Å². The Morgan fingerprint density at radius 2 is 2.00 bits per heavy atom. The molecule has 0 spiro atoms. The van der Waals surface area contributed by atoms with Crippen molar-refractivity contribution >= 4 is 0 Å². The van der Waals surface area contributed by atoms with E-state index in [0.29, 0.717) is 0 Å². The third-order valence-corrected chi connectivity index (χ3v) is 3.42. The second kappa shape index (κ2) is 5.51. The summed E-state index contributed by atoms with van der Waals surface area (Å²) >= 11 is 0. The summed E-state index contributed by atoms with van der Waals surface area (Å²) in [5.74, 6) is 0. The molecule has 0 radical (unpaired) electrons. The van der Waals surface area contributed by atoms with Gasteiger partial charge in [0, 0.05) is 25.5 Å². The minimum absolute atomic E-state index is 0.737. The van der Waals surface area contributed by atoms with Crippen LogP contribution in [0.5, 0.6) is 0 Å². The van der Waals surface area contributed by atoms with Crippen LogP contribution in [0.3, 0.4) is 0 Å². The molecule has 0 saturated carbocycles. The van der Waals surface area contributed by atoms with Gasteiger partial charge in [-0.1, -0.05) is 6.42 Å². The maximum atomic E-state index is 5.60. The molecule has 90 valence electrons. The molecule has 1 aliphatic rings. The second-order valence-corrected chi connectivity index (χ2v) is 4.83. The number of aromatic nitrogens is 1. The number of nitrogens with two attached hydrogens (primary N) is 1. The Labute approximate surface area is 98.2 Å². The molecule has 1 saturated heterocycles. The molecule has 1 aromatic heterocycles. The number of aryl methyl sites for hydroxylation is 1. The molecule has 1 aromatic rings. The highest BCUT2D eigenvalue weighted by molar-refractivity contribution is 5.19. The highest BCUT2D eigenvalue weighted by Gasteiger charge is 2.11. The zero-order valence-corrected chi connectivity index (χ0v) is 10.3. The maximum absolute atomic E-state index is 5.60. The van der Waals surface area contributed by atoms with Crippen molar-refractivity contribution in [2.24, 2.45) is 12.8 Å². The second-order valence-electron chi connectivity index (χ2n) is 4.83. The van der Waals surface area contributed by atoms with Crippen molar-refractivity contribution in [3.63, 3.8) is 0 Å². The van der Waals surface area contributed by atoms with Crippen LogP contribution in [0.15, 0.2) is 12.3 Å². The monoisotopic (exact) mass is 221 g/mol. The summed E-state index contributed by atoms with van der Waals surface area (Å²) in [4.78, 5) is 2.56. The molecule has 0 unspecified atom stereocenters. The van der Waals surface area contributed by atoms with Crippen LogP contribution in [0.25, 0.3) is 0 Å². The summed E-state index contributed by atoms with van der Waals surface area (Å²) in [5.41, 5.74) is 8.39. The number of hydrogen-bond donors (Lipinski definition) is 1. The summed E-state index contributed by atoms with van der Waals surface area (Å²) in [6.07, 6.45) is 7.37. The first-order chi connectivity index (χ1) is 7.79. The fraction of sp³-hybridized carbons (Fsp3) is 0.692. The number of hydrogen-bond acceptors (Lipinski definition) is 2. The molecule has 2 rings (SSSR count). The predicted molar refractivity (Wildman–Crippen MR) is 67.3 cm³/mol. The first-order valence-corrected chi connectivity index (χ1v) is 6.36. The van der Waals surface area contributed by atoms with Crippen LogP contribution >= 0.6 is 0 Å². The summed E-state index contributed by atoms with van der Waals surface area (Å²) in [6, 6.07) is 2.31. The Morgan fingerprint density at radius 1 is 1.25 bits per heavy atom. The van der Waals surface area contributed by atoms with Crippen molar-refractivity contribution in [2.75, 3.05) is 19.6 Å². The van der Waals surface area contributed by atoms with Gasteiger partial charge in [-0.3, -0.25) is 4.90 Å². The van der Waals surface area contributed by atoms with E-state index >= 15 is 0 Å². The van der Waals surface area contributed by atoms with Crippen LogP contribution in [0.1, 0.15) is 30.5 Å². The summed E-state index contributed by atoms with van der Waals surface area (Å²) < 4.78 is 2.21. The molecule has 0 atom stereocenters. The first-order valence-electron chi connectivity index (χ1n) is 6.36. The van der Waals surface area contributed by atoms with E-state index in [-0.39, 0.29) is 0 Å². The van der Waals surface area contributed by atoms with Crippen LogP contribution in [0.2, 0.25) is 0 Å². The fourth-order valence-corrected chi connectivity index (χ4v) is 2.54. The van der Waals surface area contributed by atoms with Gasteiger partial charge in [0.2, 0.25) is 0 Å². The Morgan fingerprint density at radius 3 is 2.69 bits per heavy atom. The van der Waals surface area contributed by atoms with E-state index in [0.717, 1.165) is 19.5 Å². The molecule has 2 heterocycles. The number of likely N-dealkylation sites (tertiary alicyclic amines) is 1.